The highest BCUT2D eigenvalue weighted by molar-refractivity contribution is 5.92. The summed E-state index contributed by atoms with van der Waals surface area (Å²) in [6.07, 6.45) is 3.05. The number of amides is 1. The van der Waals surface area contributed by atoms with Crippen LogP contribution in [0.25, 0.3) is 0 Å². The van der Waals surface area contributed by atoms with Crippen molar-refractivity contribution in [3.8, 4) is 0 Å². The molecule has 0 radical (unpaired) electrons. The van der Waals surface area contributed by atoms with E-state index in [0.29, 0.717) is 12.3 Å². The van der Waals surface area contributed by atoms with E-state index in [9.17, 15) is 4.79 Å². The molecule has 1 atom stereocenters. The molecule has 2 rings (SSSR count). The summed E-state index contributed by atoms with van der Waals surface area (Å²) >= 11 is 0. The highest BCUT2D eigenvalue weighted by Gasteiger charge is 2.13. The molecule has 1 aliphatic rings. The number of hydrogen-bond acceptors (Lipinski definition) is 3. The number of benzene rings is 1. The molecule has 1 aromatic rings. The first-order valence-corrected chi connectivity index (χ1v) is 7.54. The first-order valence-electron chi connectivity index (χ1n) is 7.54. The van der Waals surface area contributed by atoms with E-state index < -0.39 is 0 Å². The predicted molar refractivity (Wildman–Crippen MR) is 84.2 cm³/mol. The molecule has 0 aromatic heterocycles. The van der Waals surface area contributed by atoms with Crippen LogP contribution in [0.2, 0.25) is 0 Å². The van der Waals surface area contributed by atoms with E-state index in [1.807, 2.05) is 26.0 Å². The van der Waals surface area contributed by atoms with Gasteiger partial charge in [0.25, 0.3) is 0 Å². The lowest BCUT2D eigenvalue weighted by atomic mass is 9.99. The summed E-state index contributed by atoms with van der Waals surface area (Å²) in [5.74, 6) is 0.749. The average molecular weight is 275 g/mol. The molecule has 1 heterocycles. The van der Waals surface area contributed by atoms with Crippen LogP contribution in [0.15, 0.2) is 18.2 Å². The van der Waals surface area contributed by atoms with Crippen molar-refractivity contribution >= 4 is 17.3 Å². The maximum Gasteiger partial charge on any atom is 0.224 e. The molecule has 3 N–H and O–H groups in total. The van der Waals surface area contributed by atoms with Gasteiger partial charge >= 0.3 is 0 Å². The second-order valence-electron chi connectivity index (χ2n) is 5.47. The Morgan fingerprint density at radius 1 is 1.40 bits per heavy atom. The second-order valence-corrected chi connectivity index (χ2v) is 5.47. The quantitative estimate of drug-likeness (QED) is 0.774. The van der Waals surface area contributed by atoms with Crippen molar-refractivity contribution in [3.63, 3.8) is 0 Å². The van der Waals surface area contributed by atoms with Crippen molar-refractivity contribution < 1.29 is 4.79 Å². The zero-order valence-corrected chi connectivity index (χ0v) is 12.5. The highest BCUT2D eigenvalue weighted by atomic mass is 16.1. The van der Waals surface area contributed by atoms with Gasteiger partial charge in [-0.15, -0.1) is 0 Å². The van der Waals surface area contributed by atoms with Gasteiger partial charge in [0.1, 0.15) is 0 Å². The number of nitrogens with one attached hydrogen (secondary N) is 3. The Bertz CT molecular complexity index is 453. The molecule has 0 spiro atoms. The van der Waals surface area contributed by atoms with Gasteiger partial charge in [0, 0.05) is 24.3 Å². The Kier molecular flexibility index (Phi) is 5.41. The fourth-order valence-corrected chi connectivity index (χ4v) is 2.55. The molecule has 20 heavy (non-hydrogen) atoms. The summed E-state index contributed by atoms with van der Waals surface area (Å²) < 4.78 is 0. The Morgan fingerprint density at radius 2 is 2.20 bits per heavy atom. The molecule has 0 aliphatic carbocycles. The van der Waals surface area contributed by atoms with E-state index in [2.05, 4.69) is 22.0 Å². The molecule has 1 amide bonds. The van der Waals surface area contributed by atoms with E-state index in [1.54, 1.807) is 0 Å². The minimum absolute atomic E-state index is 0.0572. The average Bonchev–Trinajstić information content (AvgIpc) is 2.49. The number of piperidine rings is 1. The van der Waals surface area contributed by atoms with Crippen LogP contribution in [0, 0.1) is 12.8 Å². The Hall–Kier alpha value is -1.55. The minimum Gasteiger partial charge on any atom is -0.384 e. The number of anilines is 2. The van der Waals surface area contributed by atoms with Gasteiger partial charge in [-0.3, -0.25) is 4.79 Å². The Labute approximate surface area is 121 Å². The standard InChI is InChI=1S/C16H25N3O/c1-3-16(20)19-15-8-4-7-14(12(15)2)18-11-13-6-5-9-17-10-13/h4,7-8,13,17-18H,3,5-6,9-11H2,1-2H3,(H,19,20). The number of hydrogen-bond donors (Lipinski definition) is 3. The molecule has 1 unspecified atom stereocenters. The third-order valence-electron chi connectivity index (χ3n) is 3.91. The van der Waals surface area contributed by atoms with Crippen molar-refractivity contribution in [1.82, 2.24) is 5.32 Å². The molecule has 1 saturated heterocycles. The number of carbonyl (C=O) groups excluding carboxylic acids is 1. The van der Waals surface area contributed by atoms with E-state index in [4.69, 9.17) is 0 Å². The van der Waals surface area contributed by atoms with Gasteiger partial charge in [0.05, 0.1) is 0 Å². The molecule has 1 aromatic carbocycles. The number of carbonyl (C=O) groups is 1. The van der Waals surface area contributed by atoms with Gasteiger partial charge in [-0.05, 0) is 56.5 Å². The van der Waals surface area contributed by atoms with E-state index in [1.165, 1.54) is 12.8 Å². The van der Waals surface area contributed by atoms with Gasteiger partial charge in [-0.2, -0.15) is 0 Å². The Morgan fingerprint density at radius 3 is 2.90 bits per heavy atom. The summed E-state index contributed by atoms with van der Waals surface area (Å²) in [4.78, 5) is 11.5. The topological polar surface area (TPSA) is 53.2 Å². The third-order valence-corrected chi connectivity index (χ3v) is 3.91. The lowest BCUT2D eigenvalue weighted by Crippen LogP contribution is -2.33. The summed E-state index contributed by atoms with van der Waals surface area (Å²) in [6, 6.07) is 6.02. The van der Waals surface area contributed by atoms with Crippen LogP contribution in [0.4, 0.5) is 11.4 Å². The number of rotatable bonds is 5. The van der Waals surface area contributed by atoms with Crippen molar-refractivity contribution in [1.29, 1.82) is 0 Å². The van der Waals surface area contributed by atoms with Gasteiger partial charge in [-0.25, -0.2) is 0 Å². The van der Waals surface area contributed by atoms with Crippen LogP contribution in [0.1, 0.15) is 31.7 Å². The van der Waals surface area contributed by atoms with Crippen LogP contribution >= 0.6 is 0 Å². The summed E-state index contributed by atoms with van der Waals surface area (Å²) in [5.41, 5.74) is 3.13. The lowest BCUT2D eigenvalue weighted by molar-refractivity contribution is -0.115. The SMILES string of the molecule is CCC(=O)Nc1cccc(NCC2CCCNC2)c1C. The molecule has 0 bridgehead atoms. The zero-order chi connectivity index (χ0) is 14.4. The normalized spacial score (nSPS) is 18.6. The van der Waals surface area contributed by atoms with Crippen LogP contribution in [0.5, 0.6) is 0 Å². The second kappa shape index (κ2) is 7.29. The fourth-order valence-electron chi connectivity index (χ4n) is 2.55. The molecule has 4 nitrogen and oxygen atoms in total. The van der Waals surface area contributed by atoms with Gasteiger partial charge in [0.2, 0.25) is 5.91 Å². The maximum atomic E-state index is 11.5. The third kappa shape index (κ3) is 3.97. The molecular formula is C16H25N3O. The molecule has 0 saturated carbocycles. The van der Waals surface area contributed by atoms with Crippen molar-refractivity contribution in [2.45, 2.75) is 33.1 Å². The minimum atomic E-state index is 0.0572. The summed E-state index contributed by atoms with van der Waals surface area (Å²) in [5, 5.41) is 9.90. The fraction of sp³-hybridized carbons (Fsp3) is 0.562. The summed E-state index contributed by atoms with van der Waals surface area (Å²) in [6.45, 7) is 7.14. The first kappa shape index (κ1) is 14.9. The monoisotopic (exact) mass is 275 g/mol. The molecular weight excluding hydrogens is 250 g/mol. The van der Waals surface area contributed by atoms with E-state index >= 15 is 0 Å². The largest absolute Gasteiger partial charge is 0.384 e. The summed E-state index contributed by atoms with van der Waals surface area (Å²) in [7, 11) is 0. The highest BCUT2D eigenvalue weighted by Crippen LogP contribution is 2.24. The van der Waals surface area contributed by atoms with Gasteiger partial charge < -0.3 is 16.0 Å². The molecule has 4 heteroatoms. The molecule has 1 fully saturated rings. The predicted octanol–water partition coefficient (Wildman–Crippen LogP) is 2.76. The van der Waals surface area contributed by atoms with Crippen LogP contribution < -0.4 is 16.0 Å². The molecule has 1 aliphatic heterocycles. The maximum absolute atomic E-state index is 11.5. The van der Waals surface area contributed by atoms with Gasteiger partial charge in [0.15, 0.2) is 0 Å². The van der Waals surface area contributed by atoms with Crippen LogP contribution in [-0.4, -0.2) is 25.5 Å². The van der Waals surface area contributed by atoms with Crippen LogP contribution in [-0.2, 0) is 4.79 Å². The smallest absolute Gasteiger partial charge is 0.224 e. The van der Waals surface area contributed by atoms with Gasteiger partial charge in [-0.1, -0.05) is 13.0 Å². The van der Waals surface area contributed by atoms with E-state index in [-0.39, 0.29) is 5.91 Å². The molecule has 110 valence electrons. The van der Waals surface area contributed by atoms with Crippen molar-refractivity contribution in [2.75, 3.05) is 30.3 Å². The van der Waals surface area contributed by atoms with Crippen LogP contribution in [0.3, 0.4) is 0 Å². The first-order chi connectivity index (χ1) is 9.70. The Balaban J connectivity index is 1.96. The van der Waals surface area contributed by atoms with Crippen molar-refractivity contribution in [2.24, 2.45) is 5.92 Å². The zero-order valence-electron chi connectivity index (χ0n) is 12.5. The van der Waals surface area contributed by atoms with Crippen molar-refractivity contribution in [3.05, 3.63) is 23.8 Å². The van der Waals surface area contributed by atoms with E-state index in [0.717, 1.165) is 36.6 Å². The lowest BCUT2D eigenvalue weighted by Gasteiger charge is -2.24.